The van der Waals surface area contributed by atoms with E-state index in [4.69, 9.17) is 34.8 Å². The Hall–Kier alpha value is -3.05. The van der Waals surface area contributed by atoms with Crippen LogP contribution in [0.1, 0.15) is 16.7 Å². The summed E-state index contributed by atoms with van der Waals surface area (Å²) in [5, 5.41) is 3.01. The number of hydrogen-bond acceptors (Lipinski definition) is 0. The van der Waals surface area contributed by atoms with Crippen LogP contribution in [0.3, 0.4) is 0 Å². The van der Waals surface area contributed by atoms with Crippen LogP contribution in [-0.2, 0) is 0 Å². The van der Waals surface area contributed by atoms with E-state index in [2.05, 4.69) is 250 Å². The van der Waals surface area contributed by atoms with Crippen molar-refractivity contribution in [3.8, 4) is 56.3 Å². The van der Waals surface area contributed by atoms with Crippen LogP contribution in [0.25, 0.3) is 72.3 Å². The van der Waals surface area contributed by atoms with Gasteiger partial charge < -0.3 is 0 Å². The summed E-state index contributed by atoms with van der Waals surface area (Å²) < 4.78 is 6.96. The number of benzene rings is 8. The first-order chi connectivity index (χ1) is 30.8. The molecular weight excluding hydrogens is 1260 g/mol. The summed E-state index contributed by atoms with van der Waals surface area (Å²) in [6, 6.07) is 69.9. The Kier molecular flexibility index (Phi) is 18.2. The Morgan fingerprint density at radius 3 is 1.14 bits per heavy atom. The van der Waals surface area contributed by atoms with Crippen LogP contribution < -0.4 is 4.46 Å². The Bertz CT molecular complexity index is 3000. The van der Waals surface area contributed by atoms with E-state index >= 15 is 0 Å². The number of hydrogen-bond donors (Lipinski definition) is 0. The Labute approximate surface area is 427 Å². The standard InChI is InChI=1S/C28H22Se.C26H16Se2.CHCl3.I2/c1-21-19-26(23-9-5-3-6-10-23)17-14-22(21)13-15-25-16-18-27(20-28(25)29-2)24-11-7-4-8-12-24;1-3-7-17(8-4-1)19-11-13-21-23(15-19)27-26-22-14-12-20(16-24(22)28-25(21)26)18-9-5-2-6-10-18;2-1(3)4;1-2/h3-12,14,16-20H,1-2H3;1-16H;1H;. The molecule has 0 unspecified atom stereocenters. The van der Waals surface area contributed by atoms with E-state index < -0.39 is 4.30 Å². The summed E-state index contributed by atoms with van der Waals surface area (Å²) in [5.74, 6) is 9.08. The van der Waals surface area contributed by atoms with Gasteiger partial charge in [-0.1, -0.05) is 34.8 Å². The fourth-order valence-corrected chi connectivity index (χ4v) is 15.0. The predicted molar refractivity (Wildman–Crippen MR) is 299 cm³/mol. The first kappa shape index (κ1) is 47.9. The minimum atomic E-state index is -0.750. The quantitative estimate of drug-likeness (QED) is 0.0697. The molecule has 0 amide bonds. The van der Waals surface area contributed by atoms with E-state index in [1.807, 2.05) is 6.07 Å². The van der Waals surface area contributed by atoms with Crippen molar-refractivity contribution in [2.75, 3.05) is 0 Å². The summed E-state index contributed by atoms with van der Waals surface area (Å²) in [4.78, 5) is 0. The first-order valence-electron chi connectivity index (χ1n) is 19.8. The van der Waals surface area contributed by atoms with Gasteiger partial charge in [0.1, 0.15) is 0 Å². The Morgan fingerprint density at radius 1 is 0.429 bits per heavy atom. The zero-order valence-electron chi connectivity index (χ0n) is 34.2. The van der Waals surface area contributed by atoms with E-state index in [9.17, 15) is 0 Å². The van der Waals surface area contributed by atoms with Crippen molar-refractivity contribution in [1.29, 1.82) is 0 Å². The SMILES string of the molecule is C[Se]c1cc(-c2ccccc2)ccc1C#Cc1ccc(-c2ccccc2)cc1C.ClC(Cl)Cl.II.c1ccc(-c2ccc3c(c2)[se]c2c4ccc(-c5ccccc5)cc4[se]c32)cc1. The van der Waals surface area contributed by atoms with Crippen molar-refractivity contribution in [1.82, 2.24) is 0 Å². The van der Waals surface area contributed by atoms with Crippen LogP contribution in [0.2, 0.25) is 5.82 Å². The molecule has 0 saturated heterocycles. The van der Waals surface area contributed by atoms with Crippen LogP contribution >= 0.6 is 72.0 Å². The molecule has 10 rings (SSSR count). The summed E-state index contributed by atoms with van der Waals surface area (Å²) >= 11 is 19.9. The van der Waals surface area contributed by atoms with Gasteiger partial charge in [0.05, 0.1) is 0 Å². The van der Waals surface area contributed by atoms with Gasteiger partial charge in [-0.3, -0.25) is 0 Å². The van der Waals surface area contributed by atoms with E-state index in [-0.39, 0.29) is 0 Å². The summed E-state index contributed by atoms with van der Waals surface area (Å²) in [7, 11) is 0. The van der Waals surface area contributed by atoms with Crippen LogP contribution in [0.5, 0.6) is 0 Å². The summed E-state index contributed by atoms with van der Waals surface area (Å²) in [5.41, 5.74) is 13.7. The Balaban J connectivity index is 0.000000168. The molecule has 0 aliphatic heterocycles. The molecule has 0 saturated carbocycles. The fourth-order valence-electron chi connectivity index (χ4n) is 7.23. The van der Waals surface area contributed by atoms with Crippen LogP contribution in [0.4, 0.5) is 0 Å². The van der Waals surface area contributed by atoms with Crippen molar-refractivity contribution in [3.63, 3.8) is 0 Å². The third kappa shape index (κ3) is 12.4. The van der Waals surface area contributed by atoms with E-state index in [0.717, 1.165) is 11.1 Å². The van der Waals surface area contributed by atoms with Gasteiger partial charge in [-0.2, -0.15) is 0 Å². The molecule has 0 radical (unpaired) electrons. The molecule has 0 N–H and O–H groups in total. The molecule has 2 heterocycles. The van der Waals surface area contributed by atoms with Gasteiger partial charge in [-0.05, 0) is 0 Å². The molecule has 8 aromatic carbocycles. The van der Waals surface area contributed by atoms with Gasteiger partial charge in [-0.15, -0.1) is 0 Å². The van der Waals surface area contributed by atoms with Gasteiger partial charge in [0.2, 0.25) is 0 Å². The normalized spacial score (nSPS) is 10.5. The predicted octanol–water partition coefficient (Wildman–Crippen LogP) is 16.5. The minimum absolute atomic E-state index is 0.390. The molecule has 0 aliphatic rings. The van der Waals surface area contributed by atoms with Gasteiger partial charge >= 0.3 is 356 Å². The molecule has 312 valence electrons. The summed E-state index contributed by atoms with van der Waals surface area (Å²) in [6.07, 6.45) is 0. The molecule has 0 nitrogen and oxygen atoms in total. The number of fused-ring (bicyclic) bond motifs is 5. The second-order valence-electron chi connectivity index (χ2n) is 14.2. The zero-order valence-corrected chi connectivity index (χ0v) is 45.9. The third-order valence-corrected chi connectivity index (χ3v) is 17.5. The maximum atomic E-state index is 4.81. The molecule has 63 heavy (non-hydrogen) atoms. The van der Waals surface area contributed by atoms with E-state index in [1.165, 1.54) is 65.3 Å². The molecule has 0 aliphatic carbocycles. The third-order valence-electron chi connectivity index (χ3n) is 10.3. The molecule has 0 fully saturated rings. The molecule has 10 aromatic rings. The van der Waals surface area contributed by atoms with Gasteiger partial charge in [0.15, 0.2) is 4.30 Å². The van der Waals surface area contributed by atoms with Gasteiger partial charge in [0.25, 0.3) is 0 Å². The molecule has 0 bridgehead atoms. The second-order valence-corrected chi connectivity index (χ2v) is 22.4. The number of aryl methyl sites for hydroxylation is 1. The van der Waals surface area contributed by atoms with Crippen molar-refractivity contribution < 1.29 is 0 Å². The van der Waals surface area contributed by atoms with Gasteiger partial charge in [0, 0.05) is 37.2 Å². The van der Waals surface area contributed by atoms with E-state index in [0.29, 0.717) is 44.0 Å². The van der Waals surface area contributed by atoms with Gasteiger partial charge in [-0.25, -0.2) is 0 Å². The summed E-state index contributed by atoms with van der Waals surface area (Å²) in [6.45, 7) is 2.14. The molecule has 2 aromatic heterocycles. The molecule has 8 heteroatoms. The Morgan fingerprint density at radius 2 is 0.762 bits per heavy atom. The molecule has 0 spiro atoms. The number of halogens is 5. The number of alkyl halides is 3. The monoisotopic (exact) mass is 1300 g/mol. The van der Waals surface area contributed by atoms with Crippen molar-refractivity contribution >= 4 is 148 Å². The molecular formula is C55H39Cl3I2Se3. The van der Waals surface area contributed by atoms with Crippen LogP contribution in [0.15, 0.2) is 194 Å². The number of rotatable bonds is 5. The molecule has 0 atom stereocenters. The zero-order chi connectivity index (χ0) is 44.1. The van der Waals surface area contributed by atoms with Crippen LogP contribution in [-0.4, -0.2) is 48.3 Å². The topological polar surface area (TPSA) is 0 Å². The van der Waals surface area contributed by atoms with Crippen molar-refractivity contribution in [2.24, 2.45) is 0 Å². The fraction of sp³-hybridized carbons (Fsp3) is 0.0545. The van der Waals surface area contributed by atoms with E-state index in [1.54, 1.807) is 17.0 Å². The van der Waals surface area contributed by atoms with Crippen molar-refractivity contribution in [2.45, 2.75) is 17.0 Å². The average Bonchev–Trinajstić information content (AvgIpc) is 3.88. The van der Waals surface area contributed by atoms with Crippen molar-refractivity contribution in [3.05, 3.63) is 211 Å². The maximum absolute atomic E-state index is 4.81. The first-order valence-corrected chi connectivity index (χ1v) is 33.4. The average molecular weight is 1300 g/mol. The van der Waals surface area contributed by atoms with Crippen LogP contribution in [0, 0.1) is 18.8 Å². The second kappa shape index (κ2) is 23.9.